The smallest absolute Gasteiger partial charge is 0.246 e. The van der Waals surface area contributed by atoms with Gasteiger partial charge in [-0.2, -0.15) is 9.40 Å². The Bertz CT molecular complexity index is 703. The van der Waals surface area contributed by atoms with Crippen LogP contribution in [-0.2, 0) is 14.8 Å². The van der Waals surface area contributed by atoms with Crippen molar-refractivity contribution < 1.29 is 13.2 Å². The van der Waals surface area contributed by atoms with Gasteiger partial charge in [0.25, 0.3) is 0 Å². The Balaban J connectivity index is 0.00000364. The van der Waals surface area contributed by atoms with E-state index >= 15 is 0 Å². The number of carbonyl (C=O) groups excluding carboxylic acids is 1. The molecule has 1 aromatic rings. The van der Waals surface area contributed by atoms with Crippen LogP contribution in [0.25, 0.3) is 0 Å². The minimum Gasteiger partial charge on any atom is -0.352 e. The molecule has 0 aliphatic carbocycles. The van der Waals surface area contributed by atoms with Gasteiger partial charge in [0, 0.05) is 25.7 Å². The lowest BCUT2D eigenvalue weighted by Gasteiger charge is -2.32. The first-order valence-corrected chi connectivity index (χ1v) is 10.8. The number of nitrogens with two attached hydrogens (primary N) is 1. The molecule has 1 aliphatic heterocycles. The summed E-state index contributed by atoms with van der Waals surface area (Å²) in [6.07, 6.45) is 4.25. The second-order valence-electron chi connectivity index (χ2n) is 7.05. The topological polar surface area (TPSA) is 121 Å². The fourth-order valence-electron chi connectivity index (χ4n) is 3.44. The second-order valence-corrected chi connectivity index (χ2v) is 8.92. The molecule has 0 aromatic carbocycles. The van der Waals surface area contributed by atoms with Gasteiger partial charge in [-0.15, -0.1) is 12.4 Å². The van der Waals surface area contributed by atoms with E-state index in [2.05, 4.69) is 22.4 Å². The van der Waals surface area contributed by atoms with Gasteiger partial charge in [0.2, 0.25) is 15.9 Å². The zero-order valence-electron chi connectivity index (χ0n) is 16.3. The van der Waals surface area contributed by atoms with Crippen LogP contribution in [-0.4, -0.2) is 54.5 Å². The molecule has 8 nitrogen and oxygen atoms in total. The van der Waals surface area contributed by atoms with Crippen LogP contribution in [0.2, 0.25) is 0 Å². The molecule has 1 fully saturated rings. The van der Waals surface area contributed by atoms with Gasteiger partial charge in [0.05, 0.1) is 17.3 Å². The number of nitrogens with zero attached hydrogens (tertiary/aromatic N) is 2. The molecule has 4 N–H and O–H groups in total. The van der Waals surface area contributed by atoms with E-state index in [9.17, 15) is 13.2 Å². The summed E-state index contributed by atoms with van der Waals surface area (Å²) in [5, 5.41) is 9.70. The lowest BCUT2D eigenvalue weighted by Crippen LogP contribution is -2.49. The lowest BCUT2D eigenvalue weighted by atomic mass is 9.98. The fourth-order valence-corrected chi connectivity index (χ4v) is 5.30. The van der Waals surface area contributed by atoms with Crippen molar-refractivity contribution in [2.75, 3.05) is 19.6 Å². The Morgan fingerprint density at radius 1 is 1.44 bits per heavy atom. The van der Waals surface area contributed by atoms with E-state index in [1.54, 1.807) is 13.8 Å². The molecule has 0 radical (unpaired) electrons. The van der Waals surface area contributed by atoms with Crippen LogP contribution >= 0.6 is 12.4 Å². The van der Waals surface area contributed by atoms with Crippen LogP contribution in [0.15, 0.2) is 4.90 Å². The molecule has 0 bridgehead atoms. The predicted octanol–water partition coefficient (Wildman–Crippen LogP) is 1.48. The van der Waals surface area contributed by atoms with Gasteiger partial charge in [-0.25, -0.2) is 8.42 Å². The Morgan fingerprint density at radius 2 is 2.15 bits per heavy atom. The van der Waals surface area contributed by atoms with E-state index in [-0.39, 0.29) is 41.7 Å². The van der Waals surface area contributed by atoms with Gasteiger partial charge in [-0.3, -0.25) is 9.89 Å². The van der Waals surface area contributed by atoms with Crippen molar-refractivity contribution in [3.63, 3.8) is 0 Å². The van der Waals surface area contributed by atoms with E-state index in [1.807, 2.05) is 0 Å². The van der Waals surface area contributed by atoms with Crippen LogP contribution in [0.4, 0.5) is 0 Å². The summed E-state index contributed by atoms with van der Waals surface area (Å²) in [5.74, 6) is -0.446. The largest absolute Gasteiger partial charge is 0.352 e. The van der Waals surface area contributed by atoms with Crippen LogP contribution in [0, 0.1) is 19.8 Å². The fraction of sp³-hybridized carbons (Fsp3) is 0.765. The number of carbonyl (C=O) groups is 1. The lowest BCUT2D eigenvalue weighted by molar-refractivity contribution is -0.126. The van der Waals surface area contributed by atoms with E-state index in [1.165, 1.54) is 4.31 Å². The summed E-state index contributed by atoms with van der Waals surface area (Å²) < 4.78 is 27.4. The molecule has 2 unspecified atom stereocenters. The maximum Gasteiger partial charge on any atom is 0.246 e. The maximum atomic E-state index is 13.0. The number of hydrogen-bond donors (Lipinski definition) is 3. The zero-order valence-corrected chi connectivity index (χ0v) is 18.0. The van der Waals surface area contributed by atoms with Crippen LogP contribution in [0.5, 0.6) is 0 Å². The molecule has 2 atom stereocenters. The SMILES string of the molecule is CCCCC(CN)NC(=O)C1CCCN(S(=O)(=O)c2c(C)n[nH]c2C)C1.Cl. The third kappa shape index (κ3) is 5.66. The molecule has 1 aliphatic rings. The number of nitrogens with one attached hydrogen (secondary N) is 2. The van der Waals surface area contributed by atoms with Gasteiger partial charge in [-0.1, -0.05) is 19.8 Å². The summed E-state index contributed by atoms with van der Waals surface area (Å²) in [5.41, 5.74) is 6.73. The molecule has 0 saturated carbocycles. The summed E-state index contributed by atoms with van der Waals surface area (Å²) in [7, 11) is -3.66. The van der Waals surface area contributed by atoms with Crippen molar-refractivity contribution in [3.05, 3.63) is 11.4 Å². The number of H-pyrrole nitrogens is 1. The van der Waals surface area contributed by atoms with Crippen LogP contribution < -0.4 is 11.1 Å². The molecule has 2 heterocycles. The number of piperidine rings is 1. The van der Waals surface area contributed by atoms with Crippen molar-refractivity contribution in [1.82, 2.24) is 19.8 Å². The molecule has 156 valence electrons. The number of hydrogen-bond acceptors (Lipinski definition) is 5. The number of sulfonamides is 1. The molecular formula is C17H32ClN5O3S. The number of aromatic nitrogens is 2. The number of halogens is 1. The third-order valence-corrected chi connectivity index (χ3v) is 7.08. The van der Waals surface area contributed by atoms with Gasteiger partial charge in [0.1, 0.15) is 4.90 Å². The average Bonchev–Trinajstić information content (AvgIpc) is 2.97. The molecule has 0 spiro atoms. The summed E-state index contributed by atoms with van der Waals surface area (Å²) in [4.78, 5) is 12.8. The molecule has 27 heavy (non-hydrogen) atoms. The van der Waals surface area contributed by atoms with Crippen molar-refractivity contribution in [2.45, 2.75) is 63.8 Å². The van der Waals surface area contributed by atoms with Gasteiger partial charge in [-0.05, 0) is 33.1 Å². The first-order chi connectivity index (χ1) is 12.3. The molecule has 10 heteroatoms. The predicted molar refractivity (Wildman–Crippen MR) is 107 cm³/mol. The Hall–Kier alpha value is -1.16. The monoisotopic (exact) mass is 421 g/mol. The van der Waals surface area contributed by atoms with Crippen molar-refractivity contribution >= 4 is 28.3 Å². The zero-order chi connectivity index (χ0) is 19.3. The van der Waals surface area contributed by atoms with Gasteiger partial charge >= 0.3 is 0 Å². The summed E-state index contributed by atoms with van der Waals surface area (Å²) in [6, 6.07) is -0.0483. The van der Waals surface area contributed by atoms with E-state index in [0.29, 0.717) is 37.3 Å². The first kappa shape index (κ1) is 23.9. The number of rotatable bonds is 8. The average molecular weight is 422 g/mol. The van der Waals surface area contributed by atoms with Crippen molar-refractivity contribution in [1.29, 1.82) is 0 Å². The Morgan fingerprint density at radius 3 is 2.70 bits per heavy atom. The molecule has 2 rings (SSSR count). The van der Waals surface area contributed by atoms with Gasteiger partial charge < -0.3 is 11.1 Å². The van der Waals surface area contributed by atoms with Crippen LogP contribution in [0.3, 0.4) is 0 Å². The third-order valence-electron chi connectivity index (χ3n) is 4.95. The molecular weight excluding hydrogens is 390 g/mol. The minimum absolute atomic E-state index is 0. The summed E-state index contributed by atoms with van der Waals surface area (Å²) in [6.45, 7) is 6.48. The Kier molecular flexibility index (Phi) is 9.20. The first-order valence-electron chi connectivity index (χ1n) is 9.33. The number of amides is 1. The molecule has 1 aromatic heterocycles. The summed E-state index contributed by atoms with van der Waals surface area (Å²) >= 11 is 0. The minimum atomic E-state index is -3.66. The van der Waals surface area contributed by atoms with E-state index in [4.69, 9.17) is 5.73 Å². The molecule has 1 saturated heterocycles. The highest BCUT2D eigenvalue weighted by Crippen LogP contribution is 2.27. The Labute approximate surface area is 168 Å². The van der Waals surface area contributed by atoms with Crippen LogP contribution in [0.1, 0.15) is 50.4 Å². The van der Waals surface area contributed by atoms with E-state index < -0.39 is 10.0 Å². The van der Waals surface area contributed by atoms with Crippen molar-refractivity contribution in [3.8, 4) is 0 Å². The highest BCUT2D eigenvalue weighted by Gasteiger charge is 2.36. The molecule has 1 amide bonds. The second kappa shape index (κ2) is 10.4. The van der Waals surface area contributed by atoms with E-state index in [0.717, 1.165) is 19.3 Å². The van der Waals surface area contributed by atoms with Gasteiger partial charge in [0.15, 0.2) is 0 Å². The normalized spacial score (nSPS) is 19.3. The number of unbranched alkanes of at least 4 members (excludes halogenated alkanes) is 1. The standard InChI is InChI=1S/C17H31N5O3S.ClH/c1-4-5-8-15(10-18)19-17(23)14-7-6-9-22(11-14)26(24,25)16-12(2)20-21-13(16)3;/h14-15H,4-11,18H2,1-3H3,(H,19,23)(H,20,21);1H. The quantitative estimate of drug-likeness (QED) is 0.587. The van der Waals surface area contributed by atoms with Crippen molar-refractivity contribution in [2.24, 2.45) is 11.7 Å². The number of aromatic amines is 1. The maximum absolute atomic E-state index is 13.0. The highest BCUT2D eigenvalue weighted by molar-refractivity contribution is 7.89. The highest BCUT2D eigenvalue weighted by atomic mass is 35.5. The number of aryl methyl sites for hydroxylation is 2.